The van der Waals surface area contributed by atoms with Crippen LogP contribution in [-0.4, -0.2) is 68.2 Å². The second-order valence-corrected chi connectivity index (χ2v) is 7.32. The van der Waals surface area contributed by atoms with Crippen molar-refractivity contribution < 1.29 is 28.6 Å². The largest absolute Gasteiger partial charge is 0.486 e. The van der Waals surface area contributed by atoms with E-state index in [1.165, 1.54) is 7.11 Å². The van der Waals surface area contributed by atoms with Crippen molar-refractivity contribution in [1.82, 2.24) is 10.2 Å². The van der Waals surface area contributed by atoms with Crippen molar-refractivity contribution in [3.63, 3.8) is 0 Å². The maximum absolute atomic E-state index is 12.6. The second-order valence-electron chi connectivity index (χ2n) is 7.32. The van der Waals surface area contributed by atoms with Gasteiger partial charge < -0.3 is 29.7 Å². The van der Waals surface area contributed by atoms with Gasteiger partial charge in [0, 0.05) is 30.9 Å². The molecule has 9 nitrogen and oxygen atoms in total. The minimum absolute atomic E-state index is 0.115. The third kappa shape index (κ3) is 6.63. The summed E-state index contributed by atoms with van der Waals surface area (Å²) in [6.07, 6.45) is 0.732. The minimum Gasteiger partial charge on any atom is -0.486 e. The standard InChI is InChI=1S/C20H29N3O6/c1-5-20(2,3)22-17(24)13-23(8-9-27-4)19(26)18(25)21-14-6-7-15-16(12-14)29-11-10-28-15/h6-7,12H,5,8-11,13H2,1-4H3,(H,21,25)(H,22,24). The van der Waals surface area contributed by atoms with Crippen LogP contribution in [0.25, 0.3) is 0 Å². The van der Waals surface area contributed by atoms with Crippen LogP contribution in [0.4, 0.5) is 5.69 Å². The summed E-state index contributed by atoms with van der Waals surface area (Å²) in [6, 6.07) is 4.88. The van der Waals surface area contributed by atoms with E-state index in [2.05, 4.69) is 10.6 Å². The smallest absolute Gasteiger partial charge is 0.313 e. The Hall–Kier alpha value is -2.81. The molecular formula is C20H29N3O6. The highest BCUT2D eigenvalue weighted by Gasteiger charge is 2.26. The normalized spacial score (nSPS) is 12.8. The van der Waals surface area contributed by atoms with Crippen LogP contribution in [0.1, 0.15) is 27.2 Å². The number of carbonyl (C=O) groups is 3. The molecule has 2 N–H and O–H groups in total. The summed E-state index contributed by atoms with van der Waals surface area (Å²) in [5, 5.41) is 5.40. The first kappa shape index (κ1) is 22.5. The minimum atomic E-state index is -0.847. The molecule has 2 rings (SSSR count). The molecule has 0 fully saturated rings. The molecule has 0 bridgehead atoms. The number of ether oxygens (including phenoxy) is 3. The fraction of sp³-hybridized carbons (Fsp3) is 0.550. The molecule has 1 aromatic carbocycles. The Morgan fingerprint density at radius 3 is 2.52 bits per heavy atom. The third-order valence-electron chi connectivity index (χ3n) is 4.54. The predicted octanol–water partition coefficient (Wildman–Crippen LogP) is 1.18. The first-order chi connectivity index (χ1) is 13.8. The molecule has 0 saturated carbocycles. The van der Waals surface area contributed by atoms with Crippen molar-refractivity contribution in [2.24, 2.45) is 0 Å². The number of methoxy groups -OCH3 is 1. The van der Waals surface area contributed by atoms with E-state index in [0.717, 1.165) is 11.3 Å². The topological polar surface area (TPSA) is 106 Å². The highest BCUT2D eigenvalue weighted by Crippen LogP contribution is 2.32. The Balaban J connectivity index is 2.03. The summed E-state index contributed by atoms with van der Waals surface area (Å²) in [6.45, 7) is 6.69. The first-order valence-electron chi connectivity index (χ1n) is 9.55. The summed E-state index contributed by atoms with van der Waals surface area (Å²) >= 11 is 0. The maximum Gasteiger partial charge on any atom is 0.313 e. The predicted molar refractivity (Wildman–Crippen MR) is 107 cm³/mol. The van der Waals surface area contributed by atoms with E-state index >= 15 is 0 Å². The molecule has 0 spiro atoms. The summed E-state index contributed by atoms with van der Waals surface area (Å²) in [5.74, 6) is -0.924. The van der Waals surface area contributed by atoms with Gasteiger partial charge in [-0.3, -0.25) is 14.4 Å². The molecule has 0 aliphatic carbocycles. The average molecular weight is 407 g/mol. The van der Waals surface area contributed by atoms with Crippen LogP contribution in [0.3, 0.4) is 0 Å². The maximum atomic E-state index is 12.6. The molecule has 29 heavy (non-hydrogen) atoms. The molecule has 0 radical (unpaired) electrons. The molecule has 1 heterocycles. The molecular weight excluding hydrogens is 378 g/mol. The molecule has 9 heteroatoms. The van der Waals surface area contributed by atoms with Crippen molar-refractivity contribution in [3.05, 3.63) is 18.2 Å². The number of rotatable bonds is 8. The van der Waals surface area contributed by atoms with Crippen LogP contribution in [0.2, 0.25) is 0 Å². The zero-order valence-corrected chi connectivity index (χ0v) is 17.4. The van der Waals surface area contributed by atoms with Gasteiger partial charge in [-0.25, -0.2) is 0 Å². The van der Waals surface area contributed by atoms with Gasteiger partial charge in [0.15, 0.2) is 11.5 Å². The van der Waals surface area contributed by atoms with Gasteiger partial charge in [-0.05, 0) is 32.4 Å². The number of hydrogen-bond acceptors (Lipinski definition) is 6. The van der Waals surface area contributed by atoms with E-state index < -0.39 is 17.4 Å². The molecule has 1 aliphatic rings. The SMILES string of the molecule is CCC(C)(C)NC(=O)CN(CCOC)C(=O)C(=O)Nc1ccc2c(c1)OCCO2. The quantitative estimate of drug-likeness (QED) is 0.627. The lowest BCUT2D eigenvalue weighted by atomic mass is 10.0. The zero-order chi connectivity index (χ0) is 21.4. The van der Waals surface area contributed by atoms with Gasteiger partial charge >= 0.3 is 11.8 Å². The molecule has 1 aliphatic heterocycles. The van der Waals surface area contributed by atoms with Crippen LogP contribution < -0.4 is 20.1 Å². The van der Waals surface area contributed by atoms with Gasteiger partial charge in [-0.1, -0.05) is 6.92 Å². The van der Waals surface area contributed by atoms with Gasteiger partial charge in [0.2, 0.25) is 5.91 Å². The lowest BCUT2D eigenvalue weighted by molar-refractivity contribution is -0.145. The van der Waals surface area contributed by atoms with Gasteiger partial charge in [0.25, 0.3) is 0 Å². The number of fused-ring (bicyclic) bond motifs is 1. The fourth-order valence-electron chi connectivity index (χ4n) is 2.58. The van der Waals surface area contributed by atoms with Gasteiger partial charge in [-0.2, -0.15) is 0 Å². The number of benzene rings is 1. The van der Waals surface area contributed by atoms with Crippen molar-refractivity contribution in [2.75, 3.05) is 45.3 Å². The second kappa shape index (κ2) is 10.1. The molecule has 1 aromatic rings. The van der Waals surface area contributed by atoms with Gasteiger partial charge in [0.05, 0.1) is 6.61 Å². The Bertz CT molecular complexity index is 750. The molecule has 0 saturated heterocycles. The number of anilines is 1. The molecule has 0 unspecified atom stereocenters. The molecule has 0 aromatic heterocycles. The summed E-state index contributed by atoms with van der Waals surface area (Å²) in [7, 11) is 1.48. The average Bonchev–Trinajstić information content (AvgIpc) is 2.70. The molecule has 0 atom stereocenters. The van der Waals surface area contributed by atoms with Gasteiger partial charge in [0.1, 0.15) is 19.8 Å². The number of carbonyl (C=O) groups excluding carboxylic acids is 3. The van der Waals surface area contributed by atoms with E-state index in [9.17, 15) is 14.4 Å². The van der Waals surface area contributed by atoms with E-state index in [4.69, 9.17) is 14.2 Å². The molecule has 3 amide bonds. The number of nitrogens with one attached hydrogen (secondary N) is 2. The van der Waals surface area contributed by atoms with E-state index in [0.29, 0.717) is 30.4 Å². The lowest BCUT2D eigenvalue weighted by Gasteiger charge is -2.27. The van der Waals surface area contributed by atoms with Crippen LogP contribution in [-0.2, 0) is 19.1 Å². The van der Waals surface area contributed by atoms with Crippen LogP contribution in [0.15, 0.2) is 18.2 Å². The van der Waals surface area contributed by atoms with E-state index in [1.54, 1.807) is 18.2 Å². The number of nitrogens with zero attached hydrogens (tertiary/aromatic N) is 1. The Kier molecular flexibility index (Phi) is 7.83. The van der Waals surface area contributed by atoms with Crippen LogP contribution in [0.5, 0.6) is 11.5 Å². The Labute approximate surface area is 170 Å². The first-order valence-corrected chi connectivity index (χ1v) is 9.55. The van der Waals surface area contributed by atoms with Crippen molar-refractivity contribution >= 4 is 23.4 Å². The molecule has 160 valence electrons. The Morgan fingerprint density at radius 2 is 1.86 bits per heavy atom. The van der Waals surface area contributed by atoms with E-state index in [1.807, 2.05) is 20.8 Å². The van der Waals surface area contributed by atoms with Crippen LogP contribution >= 0.6 is 0 Å². The zero-order valence-electron chi connectivity index (χ0n) is 17.4. The van der Waals surface area contributed by atoms with Crippen LogP contribution in [0, 0.1) is 0 Å². The Morgan fingerprint density at radius 1 is 1.17 bits per heavy atom. The van der Waals surface area contributed by atoms with E-state index in [-0.39, 0.29) is 25.6 Å². The van der Waals surface area contributed by atoms with Gasteiger partial charge in [-0.15, -0.1) is 0 Å². The highest BCUT2D eigenvalue weighted by molar-refractivity contribution is 6.39. The third-order valence-corrected chi connectivity index (χ3v) is 4.54. The monoisotopic (exact) mass is 407 g/mol. The lowest BCUT2D eigenvalue weighted by Crippen LogP contribution is -2.51. The number of hydrogen-bond donors (Lipinski definition) is 2. The highest BCUT2D eigenvalue weighted by atomic mass is 16.6. The van der Waals surface area contributed by atoms with Crippen molar-refractivity contribution in [2.45, 2.75) is 32.7 Å². The van der Waals surface area contributed by atoms with Crippen molar-refractivity contribution in [1.29, 1.82) is 0 Å². The summed E-state index contributed by atoms with van der Waals surface area (Å²) in [4.78, 5) is 38.6. The summed E-state index contributed by atoms with van der Waals surface area (Å²) < 4.78 is 15.9. The fourth-order valence-corrected chi connectivity index (χ4v) is 2.58. The number of amides is 3. The summed E-state index contributed by atoms with van der Waals surface area (Å²) in [5.41, 5.74) is -0.00332. The van der Waals surface area contributed by atoms with Crippen molar-refractivity contribution in [3.8, 4) is 11.5 Å².